The lowest BCUT2D eigenvalue weighted by atomic mass is 10.0. The first-order chi connectivity index (χ1) is 5.73. The first kappa shape index (κ1) is 9.82. The summed E-state index contributed by atoms with van der Waals surface area (Å²) in [5, 5.41) is 16.5. The predicted molar refractivity (Wildman–Crippen MR) is 31.9 cm³/mol. The van der Waals surface area contributed by atoms with Gasteiger partial charge in [0, 0.05) is 0 Å². The van der Waals surface area contributed by atoms with Crippen molar-refractivity contribution in [2.75, 3.05) is 0 Å². The lowest BCUT2D eigenvalue weighted by molar-refractivity contribution is -0.208. The molecule has 1 saturated carbocycles. The molecule has 0 amide bonds. The molecular weight excluding hydrogens is 193 g/mol. The molecule has 0 aromatic carbocycles. The van der Waals surface area contributed by atoms with Gasteiger partial charge in [-0.3, -0.25) is 9.59 Å². The van der Waals surface area contributed by atoms with Crippen molar-refractivity contribution in [1.82, 2.24) is 0 Å². The number of hydrogen-bond donors (Lipinski definition) is 2. The minimum absolute atomic E-state index is 0.874. The zero-order chi connectivity index (χ0) is 10.4. The molecule has 74 valence electrons. The van der Waals surface area contributed by atoms with E-state index in [0.717, 1.165) is 0 Å². The molecule has 0 bridgehead atoms. The van der Waals surface area contributed by atoms with Crippen molar-refractivity contribution in [2.24, 2.45) is 11.3 Å². The average Bonchev–Trinajstić information content (AvgIpc) is 2.57. The molecule has 0 radical (unpaired) electrons. The molecule has 1 aliphatic carbocycles. The van der Waals surface area contributed by atoms with Crippen LogP contribution in [0.15, 0.2) is 0 Å². The van der Waals surface area contributed by atoms with Gasteiger partial charge in [0.1, 0.15) is 0 Å². The number of hydrogen-bond acceptors (Lipinski definition) is 2. The maximum Gasteiger partial charge on any atom is 0.405 e. The Kier molecular flexibility index (Phi) is 1.78. The standard InChI is InChI=1S/C6H5F3O4/c7-6(8,9)5(4(12)13)1-2(5)3(10)11/h2H,1H2,(H,10,11)(H,12,13)/t2-,5+/m0/s1. The SMILES string of the molecule is O=C(O)[C@@H]1C[C@@]1(C(=O)O)C(F)(F)F. The van der Waals surface area contributed by atoms with E-state index in [1.54, 1.807) is 0 Å². The fourth-order valence-electron chi connectivity index (χ4n) is 1.23. The summed E-state index contributed by atoms with van der Waals surface area (Å²) in [6.45, 7) is 0. The molecule has 0 spiro atoms. The van der Waals surface area contributed by atoms with Gasteiger partial charge < -0.3 is 10.2 Å². The summed E-state index contributed by atoms with van der Waals surface area (Å²) in [5.74, 6) is -5.68. The first-order valence-corrected chi connectivity index (χ1v) is 3.26. The molecule has 2 N–H and O–H groups in total. The third-order valence-electron chi connectivity index (χ3n) is 2.15. The Labute approximate surface area is 70.0 Å². The number of halogens is 3. The maximum atomic E-state index is 12.1. The van der Waals surface area contributed by atoms with Crippen molar-refractivity contribution >= 4 is 11.9 Å². The largest absolute Gasteiger partial charge is 0.481 e. The molecule has 2 atom stereocenters. The fraction of sp³-hybridized carbons (Fsp3) is 0.667. The van der Waals surface area contributed by atoms with Crippen LogP contribution in [0.25, 0.3) is 0 Å². The third-order valence-corrected chi connectivity index (χ3v) is 2.15. The van der Waals surface area contributed by atoms with E-state index in [1.165, 1.54) is 0 Å². The highest BCUT2D eigenvalue weighted by Gasteiger charge is 2.78. The van der Waals surface area contributed by atoms with E-state index in [1.807, 2.05) is 0 Å². The van der Waals surface area contributed by atoms with Gasteiger partial charge in [0.15, 0.2) is 5.41 Å². The molecule has 1 aliphatic rings. The molecular formula is C6H5F3O4. The van der Waals surface area contributed by atoms with E-state index in [9.17, 15) is 22.8 Å². The van der Waals surface area contributed by atoms with Crippen molar-refractivity contribution in [1.29, 1.82) is 0 Å². The van der Waals surface area contributed by atoms with Gasteiger partial charge in [-0.2, -0.15) is 13.2 Å². The minimum Gasteiger partial charge on any atom is -0.481 e. The van der Waals surface area contributed by atoms with Crippen LogP contribution in [0.2, 0.25) is 0 Å². The highest BCUT2D eigenvalue weighted by atomic mass is 19.4. The van der Waals surface area contributed by atoms with E-state index in [4.69, 9.17) is 10.2 Å². The zero-order valence-electron chi connectivity index (χ0n) is 6.13. The summed E-state index contributed by atoms with van der Waals surface area (Å²) in [5.41, 5.74) is -3.06. The Morgan fingerprint density at radius 2 is 1.77 bits per heavy atom. The van der Waals surface area contributed by atoms with E-state index >= 15 is 0 Å². The Bertz CT molecular complexity index is 272. The van der Waals surface area contributed by atoms with Crippen molar-refractivity contribution in [2.45, 2.75) is 12.6 Å². The highest BCUT2D eigenvalue weighted by molar-refractivity contribution is 5.90. The number of alkyl halides is 3. The third kappa shape index (κ3) is 1.14. The van der Waals surface area contributed by atoms with Gasteiger partial charge in [-0.25, -0.2) is 0 Å². The molecule has 4 nitrogen and oxygen atoms in total. The molecule has 1 rings (SSSR count). The lowest BCUT2D eigenvalue weighted by Gasteiger charge is -2.14. The molecule has 7 heteroatoms. The van der Waals surface area contributed by atoms with Crippen molar-refractivity contribution < 1.29 is 33.0 Å². The van der Waals surface area contributed by atoms with Gasteiger partial charge in [0.25, 0.3) is 0 Å². The molecule has 0 aromatic rings. The quantitative estimate of drug-likeness (QED) is 0.685. The van der Waals surface area contributed by atoms with Crippen molar-refractivity contribution in [3.8, 4) is 0 Å². The monoisotopic (exact) mass is 198 g/mol. The van der Waals surface area contributed by atoms with Crippen LogP contribution < -0.4 is 0 Å². The molecule has 0 unspecified atom stereocenters. The molecule has 0 aliphatic heterocycles. The van der Waals surface area contributed by atoms with E-state index in [0.29, 0.717) is 0 Å². The van der Waals surface area contributed by atoms with Crippen LogP contribution in [0.1, 0.15) is 6.42 Å². The van der Waals surface area contributed by atoms with Gasteiger partial charge >= 0.3 is 18.1 Å². The van der Waals surface area contributed by atoms with Crippen LogP contribution in [-0.4, -0.2) is 28.3 Å². The summed E-state index contributed by atoms with van der Waals surface area (Å²) in [6.07, 6.45) is -5.87. The zero-order valence-corrected chi connectivity index (χ0v) is 6.13. The van der Waals surface area contributed by atoms with Crippen LogP contribution in [0.3, 0.4) is 0 Å². The van der Waals surface area contributed by atoms with Crippen LogP contribution in [0.5, 0.6) is 0 Å². The van der Waals surface area contributed by atoms with E-state index < -0.39 is 35.9 Å². The highest BCUT2D eigenvalue weighted by Crippen LogP contribution is 2.62. The number of carboxylic acid groups (broad SMARTS) is 2. The topological polar surface area (TPSA) is 74.6 Å². The second kappa shape index (κ2) is 2.36. The number of carbonyl (C=O) groups is 2. The second-order valence-corrected chi connectivity index (χ2v) is 2.87. The predicted octanol–water partition coefficient (Wildman–Crippen LogP) is 0.724. The fourth-order valence-corrected chi connectivity index (χ4v) is 1.23. The Morgan fingerprint density at radius 1 is 1.31 bits per heavy atom. The molecule has 0 heterocycles. The van der Waals surface area contributed by atoms with Gasteiger partial charge in [-0.1, -0.05) is 0 Å². The smallest absolute Gasteiger partial charge is 0.405 e. The van der Waals surface area contributed by atoms with Gasteiger partial charge in [-0.05, 0) is 6.42 Å². The Balaban J connectivity index is 2.97. The minimum atomic E-state index is -5.00. The maximum absolute atomic E-state index is 12.1. The Hall–Kier alpha value is -1.27. The van der Waals surface area contributed by atoms with Gasteiger partial charge in [-0.15, -0.1) is 0 Å². The number of carboxylic acids is 2. The molecule has 13 heavy (non-hydrogen) atoms. The Morgan fingerprint density at radius 3 is 1.85 bits per heavy atom. The number of aliphatic carboxylic acids is 2. The summed E-state index contributed by atoms with van der Waals surface area (Å²) >= 11 is 0. The second-order valence-electron chi connectivity index (χ2n) is 2.87. The van der Waals surface area contributed by atoms with Gasteiger partial charge in [0.2, 0.25) is 0 Å². The normalized spacial score (nSPS) is 32.7. The van der Waals surface area contributed by atoms with Crippen LogP contribution in [0, 0.1) is 11.3 Å². The molecule has 0 saturated heterocycles. The lowest BCUT2D eigenvalue weighted by Crippen LogP contribution is -2.36. The first-order valence-electron chi connectivity index (χ1n) is 3.26. The molecule has 0 aromatic heterocycles. The van der Waals surface area contributed by atoms with Crippen molar-refractivity contribution in [3.63, 3.8) is 0 Å². The summed E-state index contributed by atoms with van der Waals surface area (Å²) < 4.78 is 36.3. The average molecular weight is 198 g/mol. The molecule has 1 fully saturated rings. The van der Waals surface area contributed by atoms with Crippen molar-refractivity contribution in [3.05, 3.63) is 0 Å². The summed E-state index contributed by atoms with van der Waals surface area (Å²) in [7, 11) is 0. The van der Waals surface area contributed by atoms with E-state index in [-0.39, 0.29) is 0 Å². The number of rotatable bonds is 2. The van der Waals surface area contributed by atoms with Crippen LogP contribution in [0.4, 0.5) is 13.2 Å². The van der Waals surface area contributed by atoms with Crippen LogP contribution in [-0.2, 0) is 9.59 Å². The summed E-state index contributed by atoms with van der Waals surface area (Å²) in [6, 6.07) is 0. The summed E-state index contributed by atoms with van der Waals surface area (Å²) in [4.78, 5) is 20.4. The van der Waals surface area contributed by atoms with Crippen LogP contribution >= 0.6 is 0 Å². The van der Waals surface area contributed by atoms with Gasteiger partial charge in [0.05, 0.1) is 5.92 Å². The van der Waals surface area contributed by atoms with E-state index in [2.05, 4.69) is 0 Å².